The smallest absolute Gasteiger partial charge is 0.137 e. The van der Waals surface area contributed by atoms with Crippen LogP contribution in [0, 0.1) is 0 Å². The van der Waals surface area contributed by atoms with Gasteiger partial charge in [-0.2, -0.15) is 5.10 Å². The molecule has 1 N–H and O–H groups in total. The summed E-state index contributed by atoms with van der Waals surface area (Å²) in [5.74, 6) is 1.15. The molecule has 1 aromatic rings. The highest BCUT2D eigenvalue weighted by atomic mass is 15.3. The summed E-state index contributed by atoms with van der Waals surface area (Å²) < 4.78 is 1.82. The summed E-state index contributed by atoms with van der Waals surface area (Å²) in [6.45, 7) is 2.70. The van der Waals surface area contributed by atoms with Gasteiger partial charge in [-0.05, 0) is 12.8 Å². The maximum absolute atomic E-state index is 4.41. The van der Waals surface area contributed by atoms with Crippen molar-refractivity contribution in [2.75, 3.05) is 13.1 Å². The van der Waals surface area contributed by atoms with Gasteiger partial charge in [0, 0.05) is 19.5 Å². The maximum Gasteiger partial charge on any atom is 0.137 e. The molecule has 1 aliphatic rings. The zero-order valence-electron chi connectivity index (χ0n) is 8.19. The lowest BCUT2D eigenvalue weighted by atomic mass is 10.2. The Kier molecular flexibility index (Phi) is 3.10. The third kappa shape index (κ3) is 2.55. The van der Waals surface area contributed by atoms with Gasteiger partial charge < -0.3 is 5.32 Å². The van der Waals surface area contributed by atoms with Crippen LogP contribution < -0.4 is 5.32 Å². The van der Waals surface area contributed by atoms with Crippen LogP contribution in [-0.4, -0.2) is 33.7 Å². The zero-order valence-corrected chi connectivity index (χ0v) is 8.19. The standard InChI is InChI=1S/C9H15N5/c1-2-4-11-9(3-1)12-5-6-14-8-10-7-13-14/h7-8H,1-6H2,(H,11,12). The van der Waals surface area contributed by atoms with Crippen molar-refractivity contribution in [3.8, 4) is 0 Å². The van der Waals surface area contributed by atoms with Gasteiger partial charge in [0.25, 0.3) is 0 Å². The number of amidine groups is 1. The van der Waals surface area contributed by atoms with E-state index in [1.54, 1.807) is 12.7 Å². The second kappa shape index (κ2) is 4.74. The van der Waals surface area contributed by atoms with Gasteiger partial charge >= 0.3 is 0 Å². The molecule has 0 radical (unpaired) electrons. The van der Waals surface area contributed by atoms with E-state index in [4.69, 9.17) is 0 Å². The van der Waals surface area contributed by atoms with Crippen molar-refractivity contribution in [3.05, 3.63) is 12.7 Å². The van der Waals surface area contributed by atoms with Crippen LogP contribution in [0.1, 0.15) is 19.3 Å². The van der Waals surface area contributed by atoms with Gasteiger partial charge in [0.1, 0.15) is 12.7 Å². The normalized spacial score (nSPS) is 16.4. The van der Waals surface area contributed by atoms with Crippen molar-refractivity contribution in [2.24, 2.45) is 4.99 Å². The first-order valence-electron chi connectivity index (χ1n) is 5.05. The summed E-state index contributed by atoms with van der Waals surface area (Å²) in [5.41, 5.74) is 0. The van der Waals surface area contributed by atoms with Crippen LogP contribution in [0.4, 0.5) is 0 Å². The first-order valence-corrected chi connectivity index (χ1v) is 5.05. The fraction of sp³-hybridized carbons (Fsp3) is 0.667. The van der Waals surface area contributed by atoms with E-state index >= 15 is 0 Å². The van der Waals surface area contributed by atoms with Gasteiger partial charge in [-0.1, -0.05) is 0 Å². The molecule has 0 saturated carbocycles. The molecule has 0 bridgehead atoms. The molecule has 0 amide bonds. The van der Waals surface area contributed by atoms with E-state index < -0.39 is 0 Å². The van der Waals surface area contributed by atoms with E-state index in [2.05, 4.69) is 20.4 Å². The van der Waals surface area contributed by atoms with Gasteiger partial charge in [-0.15, -0.1) is 0 Å². The van der Waals surface area contributed by atoms with Crippen molar-refractivity contribution >= 4 is 5.84 Å². The minimum absolute atomic E-state index is 0.846. The lowest BCUT2D eigenvalue weighted by Gasteiger charge is -2.13. The molecule has 76 valence electrons. The predicted molar refractivity (Wildman–Crippen MR) is 54.2 cm³/mol. The van der Waals surface area contributed by atoms with Gasteiger partial charge in [0.15, 0.2) is 0 Å². The highest BCUT2D eigenvalue weighted by Crippen LogP contribution is 2.03. The van der Waals surface area contributed by atoms with Gasteiger partial charge in [-0.25, -0.2) is 4.98 Å². The fourth-order valence-electron chi connectivity index (χ4n) is 1.50. The van der Waals surface area contributed by atoms with Crippen LogP contribution in [-0.2, 0) is 6.54 Å². The topological polar surface area (TPSA) is 55.1 Å². The van der Waals surface area contributed by atoms with Gasteiger partial charge in [-0.3, -0.25) is 9.67 Å². The third-order valence-electron chi connectivity index (χ3n) is 2.26. The Morgan fingerprint density at radius 2 is 2.43 bits per heavy atom. The lowest BCUT2D eigenvalue weighted by molar-refractivity contribution is 0.593. The average Bonchev–Trinajstić information content (AvgIpc) is 2.72. The Bertz CT molecular complexity index is 290. The summed E-state index contributed by atoms with van der Waals surface area (Å²) >= 11 is 0. The number of rotatable bonds is 3. The van der Waals surface area contributed by atoms with E-state index in [-0.39, 0.29) is 0 Å². The molecule has 0 fully saturated rings. The van der Waals surface area contributed by atoms with E-state index in [0.717, 1.165) is 31.9 Å². The molecule has 14 heavy (non-hydrogen) atoms. The molecule has 0 atom stereocenters. The van der Waals surface area contributed by atoms with Crippen molar-refractivity contribution < 1.29 is 0 Å². The van der Waals surface area contributed by atoms with Crippen molar-refractivity contribution in [2.45, 2.75) is 25.8 Å². The number of aliphatic imine (C=N–C) groups is 1. The summed E-state index contributed by atoms with van der Waals surface area (Å²) in [5, 5.41) is 7.35. The minimum atomic E-state index is 0.846. The van der Waals surface area contributed by atoms with Crippen molar-refractivity contribution in [1.82, 2.24) is 20.1 Å². The number of aromatic nitrogens is 3. The van der Waals surface area contributed by atoms with Crippen LogP contribution in [0.15, 0.2) is 17.6 Å². The summed E-state index contributed by atoms with van der Waals surface area (Å²) in [6.07, 6.45) is 6.86. The maximum atomic E-state index is 4.41. The Morgan fingerprint density at radius 1 is 1.43 bits per heavy atom. The summed E-state index contributed by atoms with van der Waals surface area (Å²) in [4.78, 5) is 8.29. The van der Waals surface area contributed by atoms with E-state index in [1.807, 2.05) is 4.68 Å². The van der Waals surface area contributed by atoms with E-state index in [9.17, 15) is 0 Å². The Morgan fingerprint density at radius 3 is 3.14 bits per heavy atom. The number of nitrogens with zero attached hydrogens (tertiary/aromatic N) is 4. The summed E-state index contributed by atoms with van der Waals surface area (Å²) in [7, 11) is 0. The Balaban J connectivity index is 1.70. The van der Waals surface area contributed by atoms with Crippen molar-refractivity contribution in [3.63, 3.8) is 0 Å². The second-order valence-corrected chi connectivity index (χ2v) is 3.37. The molecule has 1 aromatic heterocycles. The molecule has 5 heteroatoms. The third-order valence-corrected chi connectivity index (χ3v) is 2.26. The average molecular weight is 193 g/mol. The molecule has 0 saturated heterocycles. The Hall–Kier alpha value is -1.39. The highest BCUT2D eigenvalue weighted by Gasteiger charge is 2.03. The molecule has 2 rings (SSSR count). The van der Waals surface area contributed by atoms with Crippen LogP contribution in [0.3, 0.4) is 0 Å². The number of hydrogen-bond donors (Lipinski definition) is 1. The van der Waals surface area contributed by atoms with E-state index in [1.165, 1.54) is 12.8 Å². The van der Waals surface area contributed by atoms with Crippen LogP contribution in [0.2, 0.25) is 0 Å². The second-order valence-electron chi connectivity index (χ2n) is 3.37. The quantitative estimate of drug-likeness (QED) is 0.758. The SMILES string of the molecule is c1ncn(CCNC2=NCCCC2)n1. The molecule has 0 unspecified atom stereocenters. The number of nitrogens with one attached hydrogen (secondary N) is 1. The number of hydrogen-bond acceptors (Lipinski definition) is 4. The molecule has 0 aliphatic carbocycles. The molecule has 0 aromatic carbocycles. The molecule has 5 nitrogen and oxygen atoms in total. The first kappa shape index (κ1) is 9.18. The van der Waals surface area contributed by atoms with Gasteiger partial charge in [0.2, 0.25) is 0 Å². The first-order chi connectivity index (χ1) is 6.95. The molecular weight excluding hydrogens is 178 g/mol. The lowest BCUT2D eigenvalue weighted by Crippen LogP contribution is -2.29. The highest BCUT2D eigenvalue weighted by molar-refractivity contribution is 5.82. The summed E-state index contributed by atoms with van der Waals surface area (Å²) in [6, 6.07) is 0. The largest absolute Gasteiger partial charge is 0.372 e. The van der Waals surface area contributed by atoms with Crippen LogP contribution >= 0.6 is 0 Å². The Labute approximate surface area is 83.3 Å². The van der Waals surface area contributed by atoms with Crippen molar-refractivity contribution in [1.29, 1.82) is 0 Å². The minimum Gasteiger partial charge on any atom is -0.372 e. The fourth-order valence-corrected chi connectivity index (χ4v) is 1.50. The molecule has 1 aliphatic heterocycles. The van der Waals surface area contributed by atoms with Crippen LogP contribution in [0.5, 0.6) is 0 Å². The van der Waals surface area contributed by atoms with Crippen LogP contribution in [0.25, 0.3) is 0 Å². The monoisotopic (exact) mass is 193 g/mol. The molecule has 2 heterocycles. The predicted octanol–water partition coefficient (Wildman–Crippen LogP) is 0.450. The van der Waals surface area contributed by atoms with E-state index in [0.29, 0.717) is 0 Å². The molecule has 0 spiro atoms. The van der Waals surface area contributed by atoms with Gasteiger partial charge in [0.05, 0.1) is 12.4 Å². The zero-order chi connectivity index (χ0) is 9.64. The molecular formula is C9H15N5.